The number of aromatic nitrogens is 1. The van der Waals surface area contributed by atoms with Gasteiger partial charge in [0.25, 0.3) is 0 Å². The van der Waals surface area contributed by atoms with Crippen molar-refractivity contribution in [2.24, 2.45) is 12.0 Å². The van der Waals surface area contributed by atoms with Gasteiger partial charge >= 0.3 is 0 Å². The van der Waals surface area contributed by atoms with E-state index in [1.807, 2.05) is 35.9 Å². The second kappa shape index (κ2) is 8.51. The molecule has 3 aromatic rings. The summed E-state index contributed by atoms with van der Waals surface area (Å²) in [5.74, 6) is 1.24. The van der Waals surface area contributed by atoms with E-state index in [9.17, 15) is 9.18 Å². The molecule has 3 rings (SSSR count). The molecule has 4 nitrogen and oxygen atoms in total. The molecule has 0 spiro atoms. The number of hydrogen-bond acceptors (Lipinski definition) is 4. The summed E-state index contributed by atoms with van der Waals surface area (Å²) in [7, 11) is 3.48. The van der Waals surface area contributed by atoms with Crippen molar-refractivity contribution in [2.45, 2.75) is 17.7 Å². The minimum absolute atomic E-state index is 0.150. The number of fused-ring (bicyclic) bond motifs is 1. The third kappa shape index (κ3) is 4.53. The number of ether oxygens (including phenoxy) is 1. The first-order valence-corrected chi connectivity index (χ1v) is 9.96. The Balaban J connectivity index is 1.56. The number of carbonyl (C=O) groups excluding carboxylic acids is 1. The molecule has 7 heteroatoms. The standard InChI is InChI=1S/C19H19FN2O2S2/c1-22-16-10-5-13(20)12-17(16)26-19(22)21-18(23)4-3-11-25-15-8-6-14(24-2)7-9-15/h5-10,12H,3-4,11H2,1-2H3. The molecular weight excluding hydrogens is 371 g/mol. The summed E-state index contributed by atoms with van der Waals surface area (Å²) in [6.45, 7) is 0. The van der Waals surface area contributed by atoms with Gasteiger partial charge in [-0.1, -0.05) is 11.3 Å². The Morgan fingerprint density at radius 3 is 2.77 bits per heavy atom. The van der Waals surface area contributed by atoms with Crippen LogP contribution in [0.5, 0.6) is 5.75 Å². The van der Waals surface area contributed by atoms with Crippen molar-refractivity contribution in [2.75, 3.05) is 12.9 Å². The third-order valence-corrected chi connectivity index (χ3v) is 6.05. The van der Waals surface area contributed by atoms with Crippen LogP contribution in [-0.2, 0) is 11.8 Å². The highest BCUT2D eigenvalue weighted by molar-refractivity contribution is 7.99. The fourth-order valence-electron chi connectivity index (χ4n) is 2.46. The highest BCUT2D eigenvalue weighted by Crippen LogP contribution is 2.22. The normalized spacial score (nSPS) is 11.9. The molecule has 1 amide bonds. The molecule has 1 aromatic heterocycles. The van der Waals surface area contributed by atoms with Gasteiger partial charge in [-0.25, -0.2) is 4.39 Å². The topological polar surface area (TPSA) is 43.6 Å². The number of nitrogens with zero attached hydrogens (tertiary/aromatic N) is 2. The molecule has 2 aromatic carbocycles. The molecule has 26 heavy (non-hydrogen) atoms. The van der Waals surface area contributed by atoms with E-state index in [-0.39, 0.29) is 11.7 Å². The lowest BCUT2D eigenvalue weighted by Crippen LogP contribution is -2.13. The van der Waals surface area contributed by atoms with Crippen LogP contribution >= 0.6 is 23.1 Å². The van der Waals surface area contributed by atoms with Gasteiger partial charge in [0.05, 0.1) is 17.3 Å². The van der Waals surface area contributed by atoms with Crippen LogP contribution in [0.25, 0.3) is 10.2 Å². The summed E-state index contributed by atoms with van der Waals surface area (Å²) in [5, 5.41) is 0. The van der Waals surface area contributed by atoms with Crippen molar-refractivity contribution in [3.63, 3.8) is 0 Å². The van der Waals surface area contributed by atoms with E-state index in [4.69, 9.17) is 4.74 Å². The number of halogens is 1. The number of carbonyl (C=O) groups is 1. The van der Waals surface area contributed by atoms with Gasteiger partial charge in [0.1, 0.15) is 11.6 Å². The molecule has 1 heterocycles. The Hall–Kier alpha value is -2.12. The van der Waals surface area contributed by atoms with Crippen molar-refractivity contribution in [1.29, 1.82) is 0 Å². The smallest absolute Gasteiger partial charge is 0.248 e. The predicted molar refractivity (Wildman–Crippen MR) is 104 cm³/mol. The first-order chi connectivity index (χ1) is 12.6. The highest BCUT2D eigenvalue weighted by Gasteiger charge is 2.06. The van der Waals surface area contributed by atoms with Crippen LogP contribution in [0.15, 0.2) is 52.4 Å². The van der Waals surface area contributed by atoms with Crippen LogP contribution in [0.1, 0.15) is 12.8 Å². The van der Waals surface area contributed by atoms with E-state index in [0.717, 1.165) is 33.0 Å². The van der Waals surface area contributed by atoms with Gasteiger partial charge in [0.15, 0.2) is 4.80 Å². The Labute approximate surface area is 159 Å². The molecule has 0 N–H and O–H groups in total. The van der Waals surface area contributed by atoms with E-state index in [1.54, 1.807) is 24.9 Å². The summed E-state index contributed by atoms with van der Waals surface area (Å²) >= 11 is 3.03. The second-order valence-corrected chi connectivity index (χ2v) is 7.87. The van der Waals surface area contributed by atoms with Crippen LogP contribution in [0.2, 0.25) is 0 Å². The number of thiazole rings is 1. The van der Waals surface area contributed by atoms with Gasteiger partial charge in [0, 0.05) is 18.4 Å². The maximum absolute atomic E-state index is 13.3. The molecule has 0 saturated carbocycles. The van der Waals surface area contributed by atoms with Gasteiger partial charge in [-0.2, -0.15) is 4.99 Å². The minimum atomic E-state index is -0.284. The molecule has 0 aliphatic carbocycles. The van der Waals surface area contributed by atoms with E-state index in [2.05, 4.69) is 4.99 Å². The summed E-state index contributed by atoms with van der Waals surface area (Å²) in [4.78, 5) is 18.1. The summed E-state index contributed by atoms with van der Waals surface area (Å²) in [6, 6.07) is 12.4. The number of amides is 1. The maximum Gasteiger partial charge on any atom is 0.248 e. The van der Waals surface area contributed by atoms with Crippen molar-refractivity contribution in [3.8, 4) is 5.75 Å². The number of hydrogen-bond donors (Lipinski definition) is 0. The van der Waals surface area contributed by atoms with Gasteiger partial charge in [0.2, 0.25) is 5.91 Å². The lowest BCUT2D eigenvalue weighted by atomic mass is 10.3. The van der Waals surface area contributed by atoms with Crippen LogP contribution in [0, 0.1) is 5.82 Å². The van der Waals surface area contributed by atoms with Crippen LogP contribution in [0.3, 0.4) is 0 Å². The zero-order chi connectivity index (χ0) is 18.5. The molecule has 0 radical (unpaired) electrons. The second-order valence-electron chi connectivity index (χ2n) is 5.69. The average Bonchev–Trinajstić information content (AvgIpc) is 2.94. The molecule has 0 aliphatic rings. The maximum atomic E-state index is 13.3. The number of rotatable bonds is 6. The Bertz CT molecular complexity index is 977. The Morgan fingerprint density at radius 1 is 1.27 bits per heavy atom. The van der Waals surface area contributed by atoms with E-state index < -0.39 is 0 Å². The molecule has 0 saturated heterocycles. The van der Waals surface area contributed by atoms with Gasteiger partial charge < -0.3 is 9.30 Å². The van der Waals surface area contributed by atoms with Crippen LogP contribution < -0.4 is 9.54 Å². The number of thioether (sulfide) groups is 1. The summed E-state index contributed by atoms with van der Waals surface area (Å²) in [6.07, 6.45) is 1.15. The van der Waals surface area contributed by atoms with Crippen LogP contribution in [-0.4, -0.2) is 23.3 Å². The largest absolute Gasteiger partial charge is 0.497 e. The number of aryl methyl sites for hydroxylation is 1. The van der Waals surface area contributed by atoms with Crippen molar-refractivity contribution in [3.05, 3.63) is 53.1 Å². The third-order valence-electron chi connectivity index (χ3n) is 3.85. The molecule has 136 valence electrons. The van der Waals surface area contributed by atoms with Gasteiger partial charge in [-0.05, 0) is 54.6 Å². The number of benzene rings is 2. The average molecular weight is 391 g/mol. The molecule has 0 atom stereocenters. The Morgan fingerprint density at radius 2 is 2.04 bits per heavy atom. The summed E-state index contributed by atoms with van der Waals surface area (Å²) in [5.41, 5.74) is 0.873. The molecule has 0 fully saturated rings. The van der Waals surface area contributed by atoms with E-state index in [0.29, 0.717) is 11.2 Å². The monoisotopic (exact) mass is 390 g/mol. The molecular formula is C19H19FN2O2S2. The molecule has 0 unspecified atom stereocenters. The first-order valence-electron chi connectivity index (χ1n) is 8.16. The first kappa shape index (κ1) is 18.7. The number of methoxy groups -OCH3 is 1. The van der Waals surface area contributed by atoms with Crippen molar-refractivity contribution < 1.29 is 13.9 Å². The zero-order valence-electron chi connectivity index (χ0n) is 14.6. The van der Waals surface area contributed by atoms with E-state index in [1.165, 1.54) is 23.5 Å². The van der Waals surface area contributed by atoms with Crippen LogP contribution in [0.4, 0.5) is 4.39 Å². The predicted octanol–water partition coefficient (Wildman–Crippen LogP) is 4.39. The lowest BCUT2D eigenvalue weighted by molar-refractivity contribution is -0.118. The fourth-order valence-corrected chi connectivity index (χ4v) is 4.38. The van der Waals surface area contributed by atoms with E-state index >= 15 is 0 Å². The van der Waals surface area contributed by atoms with Crippen molar-refractivity contribution in [1.82, 2.24) is 4.57 Å². The summed E-state index contributed by atoms with van der Waals surface area (Å²) < 4.78 is 21.1. The zero-order valence-corrected chi connectivity index (χ0v) is 16.2. The van der Waals surface area contributed by atoms with Crippen molar-refractivity contribution >= 4 is 39.2 Å². The molecule has 0 bridgehead atoms. The lowest BCUT2D eigenvalue weighted by Gasteiger charge is -2.02. The Kier molecular flexibility index (Phi) is 6.11. The van der Waals surface area contributed by atoms with Gasteiger partial charge in [-0.15, -0.1) is 11.8 Å². The minimum Gasteiger partial charge on any atom is -0.497 e. The quantitative estimate of drug-likeness (QED) is 0.463. The SMILES string of the molecule is COc1ccc(SCCCC(=O)N=c2sc3cc(F)ccc3n2C)cc1. The van der Waals surface area contributed by atoms with Gasteiger partial charge in [-0.3, -0.25) is 4.79 Å². The molecule has 0 aliphatic heterocycles. The highest BCUT2D eigenvalue weighted by atomic mass is 32.2. The fraction of sp³-hybridized carbons (Fsp3) is 0.263.